The van der Waals surface area contributed by atoms with Gasteiger partial charge in [-0.05, 0) is 37.6 Å². The molecule has 2 N–H and O–H groups in total. The van der Waals surface area contributed by atoms with Crippen LogP contribution < -0.4 is 5.32 Å². The second-order valence-electron chi connectivity index (χ2n) is 4.01. The predicted octanol–water partition coefficient (Wildman–Crippen LogP) is 1.44. The van der Waals surface area contributed by atoms with Crippen LogP contribution in [0.1, 0.15) is 18.4 Å². The van der Waals surface area contributed by atoms with Crippen LogP contribution in [0.15, 0.2) is 18.3 Å². The molecule has 0 radical (unpaired) electrons. The van der Waals surface area contributed by atoms with Gasteiger partial charge in [0.15, 0.2) is 0 Å². The smallest absolute Gasteiger partial charge is 0.314 e. The van der Waals surface area contributed by atoms with Gasteiger partial charge in [-0.1, -0.05) is 17.7 Å². The van der Waals surface area contributed by atoms with E-state index in [0.29, 0.717) is 18.0 Å². The minimum Gasteiger partial charge on any atom is -0.481 e. The quantitative estimate of drug-likeness (QED) is 0.768. The molecule has 0 saturated carbocycles. The molecule has 1 aromatic rings. The van der Waals surface area contributed by atoms with Gasteiger partial charge < -0.3 is 10.4 Å². The van der Waals surface area contributed by atoms with Gasteiger partial charge in [0.1, 0.15) is 5.15 Å². The fourth-order valence-corrected chi connectivity index (χ4v) is 2.25. The fraction of sp³-hybridized carbons (Fsp3) is 0.455. The molecule has 1 aromatic heterocycles. The molecule has 0 aliphatic carbocycles. The third-order valence-electron chi connectivity index (χ3n) is 3.15. The maximum atomic E-state index is 11.5. The topological polar surface area (TPSA) is 62.2 Å². The Morgan fingerprint density at radius 1 is 1.44 bits per heavy atom. The molecular weight excluding hydrogens is 228 g/mol. The van der Waals surface area contributed by atoms with Gasteiger partial charge in [0.2, 0.25) is 0 Å². The molecule has 1 fully saturated rings. The summed E-state index contributed by atoms with van der Waals surface area (Å²) in [6, 6.07) is 3.40. The Kier molecular flexibility index (Phi) is 3.12. The van der Waals surface area contributed by atoms with Gasteiger partial charge in [-0.25, -0.2) is 4.98 Å². The number of carboxylic acid groups (broad SMARTS) is 1. The Labute approximate surface area is 98.6 Å². The van der Waals surface area contributed by atoms with E-state index in [4.69, 9.17) is 11.6 Å². The van der Waals surface area contributed by atoms with Crippen molar-refractivity contribution >= 4 is 17.6 Å². The summed E-state index contributed by atoms with van der Waals surface area (Å²) in [5, 5.41) is 13.0. The molecule has 0 aromatic carbocycles. The highest BCUT2D eigenvalue weighted by molar-refractivity contribution is 6.29. The number of carbonyl (C=O) groups is 1. The van der Waals surface area contributed by atoms with Gasteiger partial charge in [-0.3, -0.25) is 4.79 Å². The number of halogens is 1. The average molecular weight is 241 g/mol. The number of carboxylic acids is 1. The molecule has 0 amide bonds. The van der Waals surface area contributed by atoms with Crippen molar-refractivity contribution < 1.29 is 9.90 Å². The summed E-state index contributed by atoms with van der Waals surface area (Å²) in [4.78, 5) is 15.4. The third kappa shape index (κ3) is 1.90. The summed E-state index contributed by atoms with van der Waals surface area (Å²) in [6.07, 6.45) is 2.75. The minimum absolute atomic E-state index is 0.387. The number of aromatic nitrogens is 1. The number of aliphatic carboxylic acids is 1. The van der Waals surface area contributed by atoms with Gasteiger partial charge in [-0.15, -0.1) is 0 Å². The van der Waals surface area contributed by atoms with Gasteiger partial charge in [0.05, 0.1) is 5.41 Å². The summed E-state index contributed by atoms with van der Waals surface area (Å²) in [7, 11) is 0. The Bertz CT molecular complexity index is 385. The van der Waals surface area contributed by atoms with E-state index in [0.717, 1.165) is 18.7 Å². The number of nitrogens with one attached hydrogen (secondary N) is 1. The summed E-state index contributed by atoms with van der Waals surface area (Å²) >= 11 is 5.70. The Morgan fingerprint density at radius 2 is 2.12 bits per heavy atom. The molecule has 5 heteroatoms. The molecule has 0 atom stereocenters. The molecule has 2 heterocycles. The second kappa shape index (κ2) is 4.39. The number of rotatable bonds is 2. The lowest BCUT2D eigenvalue weighted by Gasteiger charge is -2.33. The zero-order chi connectivity index (χ0) is 11.6. The van der Waals surface area contributed by atoms with Crippen LogP contribution in [0.3, 0.4) is 0 Å². The third-order valence-corrected chi connectivity index (χ3v) is 3.37. The second-order valence-corrected chi connectivity index (χ2v) is 4.39. The zero-order valence-corrected chi connectivity index (χ0v) is 9.50. The molecular formula is C11H13ClN2O2. The van der Waals surface area contributed by atoms with Crippen molar-refractivity contribution in [2.24, 2.45) is 0 Å². The average Bonchev–Trinajstić information content (AvgIpc) is 2.30. The standard InChI is InChI=1S/C11H13ClN2O2/c12-9-2-1-8(7-14-9)11(10(15)16)3-5-13-6-4-11/h1-2,7,13H,3-6H2,(H,15,16). The highest BCUT2D eigenvalue weighted by atomic mass is 35.5. The first kappa shape index (κ1) is 11.4. The number of piperidine rings is 1. The summed E-state index contributed by atoms with van der Waals surface area (Å²) in [5.41, 5.74) is -0.0612. The van der Waals surface area contributed by atoms with Crippen LogP contribution >= 0.6 is 11.6 Å². The molecule has 1 saturated heterocycles. The van der Waals surface area contributed by atoms with Gasteiger partial charge in [0, 0.05) is 6.20 Å². The summed E-state index contributed by atoms with van der Waals surface area (Å²) in [5.74, 6) is -0.780. The lowest BCUT2D eigenvalue weighted by molar-refractivity contribution is -0.145. The van der Waals surface area contributed by atoms with Crippen LogP contribution in [0.25, 0.3) is 0 Å². The first-order chi connectivity index (χ1) is 7.65. The van der Waals surface area contributed by atoms with Crippen molar-refractivity contribution in [1.29, 1.82) is 0 Å². The molecule has 0 bridgehead atoms. The zero-order valence-electron chi connectivity index (χ0n) is 8.74. The lowest BCUT2D eigenvalue weighted by Crippen LogP contribution is -2.45. The van der Waals surface area contributed by atoms with Crippen LogP contribution in [-0.2, 0) is 10.2 Å². The first-order valence-corrected chi connectivity index (χ1v) is 5.59. The van der Waals surface area contributed by atoms with E-state index in [1.807, 2.05) is 0 Å². The van der Waals surface area contributed by atoms with Crippen molar-refractivity contribution in [2.75, 3.05) is 13.1 Å². The van der Waals surface area contributed by atoms with Crippen LogP contribution in [0.4, 0.5) is 0 Å². The fourth-order valence-electron chi connectivity index (χ4n) is 2.14. The summed E-state index contributed by atoms with van der Waals surface area (Å²) < 4.78 is 0. The van der Waals surface area contributed by atoms with E-state index in [2.05, 4.69) is 10.3 Å². The minimum atomic E-state index is -0.803. The Balaban J connectivity index is 2.38. The monoisotopic (exact) mass is 240 g/mol. The predicted molar refractivity (Wildman–Crippen MR) is 60.7 cm³/mol. The summed E-state index contributed by atoms with van der Waals surface area (Å²) in [6.45, 7) is 1.43. The number of hydrogen-bond donors (Lipinski definition) is 2. The highest BCUT2D eigenvalue weighted by Gasteiger charge is 2.41. The molecule has 86 valence electrons. The highest BCUT2D eigenvalue weighted by Crippen LogP contribution is 2.33. The normalized spacial score (nSPS) is 19.3. The van der Waals surface area contributed by atoms with E-state index < -0.39 is 11.4 Å². The molecule has 2 rings (SSSR count). The Hall–Kier alpha value is -1.13. The number of nitrogens with zero attached hydrogens (tertiary/aromatic N) is 1. The maximum absolute atomic E-state index is 11.5. The first-order valence-electron chi connectivity index (χ1n) is 5.21. The molecule has 0 unspecified atom stereocenters. The van der Waals surface area contributed by atoms with Crippen molar-refractivity contribution in [3.63, 3.8) is 0 Å². The van der Waals surface area contributed by atoms with Crippen molar-refractivity contribution in [2.45, 2.75) is 18.3 Å². The molecule has 16 heavy (non-hydrogen) atoms. The van der Waals surface area contributed by atoms with Crippen molar-refractivity contribution in [1.82, 2.24) is 10.3 Å². The maximum Gasteiger partial charge on any atom is 0.314 e. The molecule has 0 spiro atoms. The van der Waals surface area contributed by atoms with E-state index in [1.54, 1.807) is 18.3 Å². The van der Waals surface area contributed by atoms with Gasteiger partial charge >= 0.3 is 5.97 Å². The number of pyridine rings is 1. The van der Waals surface area contributed by atoms with E-state index in [-0.39, 0.29) is 0 Å². The van der Waals surface area contributed by atoms with E-state index in [1.165, 1.54) is 0 Å². The van der Waals surface area contributed by atoms with Gasteiger partial charge in [-0.2, -0.15) is 0 Å². The number of hydrogen-bond acceptors (Lipinski definition) is 3. The van der Waals surface area contributed by atoms with E-state index in [9.17, 15) is 9.90 Å². The SMILES string of the molecule is O=C(O)C1(c2ccc(Cl)nc2)CCNCC1. The molecule has 1 aliphatic heterocycles. The van der Waals surface area contributed by atoms with Crippen LogP contribution in [-0.4, -0.2) is 29.1 Å². The van der Waals surface area contributed by atoms with Crippen LogP contribution in [0.5, 0.6) is 0 Å². The molecule has 4 nitrogen and oxygen atoms in total. The lowest BCUT2D eigenvalue weighted by atomic mass is 9.74. The van der Waals surface area contributed by atoms with Crippen molar-refractivity contribution in [3.05, 3.63) is 29.0 Å². The van der Waals surface area contributed by atoms with Crippen LogP contribution in [0, 0.1) is 0 Å². The van der Waals surface area contributed by atoms with Crippen molar-refractivity contribution in [3.8, 4) is 0 Å². The largest absolute Gasteiger partial charge is 0.481 e. The van der Waals surface area contributed by atoms with Crippen LogP contribution in [0.2, 0.25) is 5.15 Å². The Morgan fingerprint density at radius 3 is 2.62 bits per heavy atom. The van der Waals surface area contributed by atoms with Gasteiger partial charge in [0.25, 0.3) is 0 Å². The molecule has 1 aliphatic rings. The van der Waals surface area contributed by atoms with E-state index >= 15 is 0 Å².